The van der Waals surface area contributed by atoms with Crippen molar-refractivity contribution in [2.24, 2.45) is 17.8 Å². The molecule has 1 nitrogen and oxygen atoms in total. The predicted octanol–water partition coefficient (Wildman–Crippen LogP) is 5.15. The molecule has 0 aromatic rings. The third kappa shape index (κ3) is 5.10. The van der Waals surface area contributed by atoms with Crippen LogP contribution in [0.4, 0.5) is 0 Å². The first-order valence-corrected chi connectivity index (χ1v) is 9.03. The van der Waals surface area contributed by atoms with E-state index < -0.39 is 0 Å². The average Bonchev–Trinajstić information content (AvgIpc) is 2.44. The van der Waals surface area contributed by atoms with Crippen LogP contribution in [-0.2, 0) is 0 Å². The van der Waals surface area contributed by atoms with E-state index in [4.69, 9.17) is 0 Å². The Morgan fingerprint density at radius 2 is 1.79 bits per heavy atom. The molecule has 1 N–H and O–H groups in total. The number of rotatable bonds is 6. The Hall–Kier alpha value is -0.0400. The molecule has 2 fully saturated rings. The maximum Gasteiger partial charge on any atom is 0.00980 e. The van der Waals surface area contributed by atoms with E-state index in [-0.39, 0.29) is 0 Å². The van der Waals surface area contributed by atoms with Crippen molar-refractivity contribution in [3.8, 4) is 0 Å². The summed E-state index contributed by atoms with van der Waals surface area (Å²) in [5.74, 6) is 2.97. The van der Waals surface area contributed by atoms with Gasteiger partial charge in [-0.3, -0.25) is 0 Å². The van der Waals surface area contributed by atoms with Gasteiger partial charge in [-0.05, 0) is 50.0 Å². The summed E-state index contributed by atoms with van der Waals surface area (Å²) in [6, 6.07) is 0.825. The molecule has 0 bridgehead atoms. The van der Waals surface area contributed by atoms with Crippen LogP contribution in [0.3, 0.4) is 0 Å². The Kier molecular flexibility index (Phi) is 6.70. The Morgan fingerprint density at radius 1 is 1.00 bits per heavy atom. The summed E-state index contributed by atoms with van der Waals surface area (Å²) >= 11 is 0. The van der Waals surface area contributed by atoms with Crippen LogP contribution in [0.1, 0.15) is 84.5 Å². The van der Waals surface area contributed by atoms with Crippen LogP contribution in [0.5, 0.6) is 0 Å². The minimum atomic E-state index is 0.825. The molecule has 0 radical (unpaired) electrons. The predicted molar refractivity (Wildman–Crippen MR) is 84.4 cm³/mol. The van der Waals surface area contributed by atoms with E-state index in [0.29, 0.717) is 0 Å². The molecule has 0 aliphatic heterocycles. The topological polar surface area (TPSA) is 12.0 Å². The summed E-state index contributed by atoms with van der Waals surface area (Å²) in [4.78, 5) is 0. The first kappa shape index (κ1) is 15.4. The van der Waals surface area contributed by atoms with E-state index in [2.05, 4.69) is 19.2 Å². The number of hydrogen-bond donors (Lipinski definition) is 1. The van der Waals surface area contributed by atoms with Crippen molar-refractivity contribution in [3.05, 3.63) is 0 Å². The third-order valence-electron chi connectivity index (χ3n) is 5.51. The van der Waals surface area contributed by atoms with Crippen molar-refractivity contribution in [1.29, 1.82) is 0 Å². The lowest BCUT2D eigenvalue weighted by Gasteiger charge is -2.36. The van der Waals surface area contributed by atoms with E-state index in [0.717, 1.165) is 23.8 Å². The lowest BCUT2D eigenvalue weighted by atomic mass is 9.74. The molecule has 0 aromatic carbocycles. The van der Waals surface area contributed by atoms with Gasteiger partial charge in [-0.1, -0.05) is 58.8 Å². The van der Waals surface area contributed by atoms with Gasteiger partial charge in [-0.2, -0.15) is 0 Å². The smallest absolute Gasteiger partial charge is 0.00980 e. The second kappa shape index (κ2) is 8.29. The van der Waals surface area contributed by atoms with Gasteiger partial charge in [0.2, 0.25) is 0 Å². The van der Waals surface area contributed by atoms with Gasteiger partial charge in [0.25, 0.3) is 0 Å². The van der Waals surface area contributed by atoms with Crippen LogP contribution >= 0.6 is 0 Å². The molecule has 2 saturated carbocycles. The molecule has 0 saturated heterocycles. The second-order valence-electron chi connectivity index (χ2n) is 7.33. The fourth-order valence-corrected chi connectivity index (χ4v) is 4.40. The molecule has 2 rings (SSSR count). The highest BCUT2D eigenvalue weighted by Gasteiger charge is 2.28. The lowest BCUT2D eigenvalue weighted by Crippen LogP contribution is -2.40. The van der Waals surface area contributed by atoms with Crippen LogP contribution in [0.15, 0.2) is 0 Å². The zero-order valence-electron chi connectivity index (χ0n) is 13.3. The molecule has 0 aromatic heterocycles. The fraction of sp³-hybridized carbons (Fsp3) is 1.00. The van der Waals surface area contributed by atoms with Gasteiger partial charge < -0.3 is 5.32 Å². The van der Waals surface area contributed by atoms with Crippen molar-refractivity contribution in [2.45, 2.75) is 90.5 Å². The Labute approximate surface area is 120 Å². The maximum atomic E-state index is 3.91. The molecule has 3 unspecified atom stereocenters. The van der Waals surface area contributed by atoms with Crippen LogP contribution in [-0.4, -0.2) is 12.6 Å². The molecule has 1 heteroatoms. The van der Waals surface area contributed by atoms with Gasteiger partial charge in [-0.25, -0.2) is 0 Å². The van der Waals surface area contributed by atoms with Crippen molar-refractivity contribution in [2.75, 3.05) is 6.54 Å². The fourth-order valence-electron chi connectivity index (χ4n) is 4.40. The Balaban J connectivity index is 1.85. The quantitative estimate of drug-likeness (QED) is 0.700. The summed E-state index contributed by atoms with van der Waals surface area (Å²) in [5, 5.41) is 3.91. The van der Waals surface area contributed by atoms with Gasteiger partial charge >= 0.3 is 0 Å². The van der Waals surface area contributed by atoms with E-state index in [1.54, 1.807) is 0 Å². The Bertz CT molecular complexity index is 232. The first-order valence-electron chi connectivity index (χ1n) is 9.03. The minimum Gasteiger partial charge on any atom is -0.314 e. The van der Waals surface area contributed by atoms with Gasteiger partial charge in [0.15, 0.2) is 0 Å². The molecular formula is C18H35N. The summed E-state index contributed by atoms with van der Waals surface area (Å²) in [5.41, 5.74) is 0. The molecule has 3 atom stereocenters. The SMILES string of the molecule is CCCNC(CC1CCCCC1)C1CCCC(C)C1. The highest BCUT2D eigenvalue weighted by molar-refractivity contribution is 4.84. The molecule has 2 aliphatic carbocycles. The van der Waals surface area contributed by atoms with Crippen molar-refractivity contribution >= 4 is 0 Å². The third-order valence-corrected chi connectivity index (χ3v) is 5.51. The standard InChI is InChI=1S/C18H35N/c1-3-12-19-18(14-16-9-5-4-6-10-16)17-11-7-8-15(2)13-17/h15-19H,3-14H2,1-2H3. The molecule has 0 spiro atoms. The van der Waals surface area contributed by atoms with Crippen molar-refractivity contribution in [3.63, 3.8) is 0 Å². The highest BCUT2D eigenvalue weighted by atomic mass is 14.9. The van der Waals surface area contributed by atoms with Crippen LogP contribution in [0, 0.1) is 17.8 Å². The van der Waals surface area contributed by atoms with Crippen LogP contribution in [0.2, 0.25) is 0 Å². The van der Waals surface area contributed by atoms with Crippen LogP contribution < -0.4 is 5.32 Å². The normalized spacial score (nSPS) is 31.3. The number of hydrogen-bond acceptors (Lipinski definition) is 1. The van der Waals surface area contributed by atoms with Gasteiger partial charge in [0.05, 0.1) is 0 Å². The van der Waals surface area contributed by atoms with E-state index in [9.17, 15) is 0 Å². The molecule has 112 valence electrons. The minimum absolute atomic E-state index is 0.825. The van der Waals surface area contributed by atoms with E-state index in [1.165, 1.54) is 77.2 Å². The zero-order valence-corrected chi connectivity index (χ0v) is 13.3. The lowest BCUT2D eigenvalue weighted by molar-refractivity contribution is 0.185. The molecule has 19 heavy (non-hydrogen) atoms. The zero-order chi connectivity index (χ0) is 13.5. The summed E-state index contributed by atoms with van der Waals surface area (Å²) in [6.45, 7) is 5.99. The summed E-state index contributed by atoms with van der Waals surface area (Å²) in [6.07, 6.45) is 16.1. The second-order valence-corrected chi connectivity index (χ2v) is 7.33. The molecular weight excluding hydrogens is 230 g/mol. The molecule has 0 heterocycles. The van der Waals surface area contributed by atoms with Gasteiger partial charge in [-0.15, -0.1) is 0 Å². The summed E-state index contributed by atoms with van der Waals surface area (Å²) in [7, 11) is 0. The highest BCUT2D eigenvalue weighted by Crippen LogP contribution is 2.35. The Morgan fingerprint density at radius 3 is 2.47 bits per heavy atom. The number of nitrogens with one attached hydrogen (secondary N) is 1. The first-order chi connectivity index (χ1) is 9.29. The molecule has 0 amide bonds. The van der Waals surface area contributed by atoms with Crippen molar-refractivity contribution in [1.82, 2.24) is 5.32 Å². The van der Waals surface area contributed by atoms with Crippen LogP contribution in [0.25, 0.3) is 0 Å². The van der Waals surface area contributed by atoms with Gasteiger partial charge in [0.1, 0.15) is 0 Å². The molecule has 2 aliphatic rings. The average molecular weight is 265 g/mol. The van der Waals surface area contributed by atoms with Gasteiger partial charge in [0, 0.05) is 6.04 Å². The monoisotopic (exact) mass is 265 g/mol. The van der Waals surface area contributed by atoms with E-state index >= 15 is 0 Å². The summed E-state index contributed by atoms with van der Waals surface area (Å²) < 4.78 is 0. The van der Waals surface area contributed by atoms with Crippen molar-refractivity contribution < 1.29 is 0 Å². The maximum absolute atomic E-state index is 3.91. The van der Waals surface area contributed by atoms with E-state index in [1.807, 2.05) is 0 Å². The largest absolute Gasteiger partial charge is 0.314 e.